The summed E-state index contributed by atoms with van der Waals surface area (Å²) in [7, 11) is 0. The average molecular weight is 242 g/mol. The summed E-state index contributed by atoms with van der Waals surface area (Å²) in [5.41, 5.74) is 6.59. The Morgan fingerprint density at radius 3 is 2.67 bits per heavy atom. The van der Waals surface area contributed by atoms with E-state index in [-0.39, 0.29) is 5.92 Å². The molecule has 78 valence electrons. The second-order valence-electron chi connectivity index (χ2n) is 3.21. The Morgan fingerprint density at radius 1 is 1.20 bits per heavy atom. The van der Waals surface area contributed by atoms with Crippen LogP contribution < -0.4 is 5.73 Å². The Labute approximate surface area is 97.9 Å². The number of halogens is 2. The van der Waals surface area contributed by atoms with E-state index in [0.717, 1.165) is 5.56 Å². The van der Waals surface area contributed by atoms with Gasteiger partial charge in [0.05, 0.1) is 16.3 Å². The lowest BCUT2D eigenvalue weighted by Gasteiger charge is -2.14. The summed E-state index contributed by atoms with van der Waals surface area (Å²) < 4.78 is 4.98. The molecule has 0 radical (unpaired) electrons. The predicted molar refractivity (Wildman–Crippen MR) is 61.7 cm³/mol. The van der Waals surface area contributed by atoms with Crippen molar-refractivity contribution in [3.8, 4) is 0 Å². The normalized spacial score (nSPS) is 19.6. The van der Waals surface area contributed by atoms with Gasteiger partial charge in [0.1, 0.15) is 0 Å². The molecule has 1 aromatic carbocycles. The number of rotatable bonds is 1. The van der Waals surface area contributed by atoms with Gasteiger partial charge in [-0.25, -0.2) is 0 Å². The standard InChI is InChI=1S/C11H9Cl2NO/c12-9-2-1-7(5-10(9)13)8-3-4-15-11(14)6-8/h1-6,8H,14H2/t8-/m1/s1. The molecule has 0 fully saturated rings. The molecule has 1 aromatic rings. The van der Waals surface area contributed by atoms with E-state index < -0.39 is 0 Å². The largest absolute Gasteiger partial charge is 0.450 e. The molecule has 1 aliphatic rings. The van der Waals surface area contributed by atoms with Crippen molar-refractivity contribution in [3.05, 3.63) is 58.1 Å². The maximum atomic E-state index is 5.93. The van der Waals surface area contributed by atoms with E-state index >= 15 is 0 Å². The zero-order chi connectivity index (χ0) is 10.8. The molecule has 0 spiro atoms. The molecular weight excluding hydrogens is 233 g/mol. The first-order valence-corrected chi connectivity index (χ1v) is 5.18. The van der Waals surface area contributed by atoms with Gasteiger partial charge in [-0.15, -0.1) is 0 Å². The predicted octanol–water partition coefficient (Wildman–Crippen LogP) is 3.42. The third kappa shape index (κ3) is 2.28. The molecule has 0 aromatic heterocycles. The third-order valence-corrected chi connectivity index (χ3v) is 2.90. The zero-order valence-electron chi connectivity index (χ0n) is 7.78. The molecule has 0 amide bonds. The highest BCUT2D eigenvalue weighted by atomic mass is 35.5. The van der Waals surface area contributed by atoms with Crippen LogP contribution in [0.5, 0.6) is 0 Å². The molecule has 1 atom stereocenters. The number of hydrogen-bond donors (Lipinski definition) is 1. The number of allylic oxidation sites excluding steroid dienone is 2. The molecule has 2 rings (SSSR count). The average Bonchev–Trinajstić information content (AvgIpc) is 2.22. The van der Waals surface area contributed by atoms with Gasteiger partial charge in [-0.05, 0) is 29.8 Å². The van der Waals surface area contributed by atoms with Crippen LogP contribution in [0.15, 0.2) is 42.5 Å². The van der Waals surface area contributed by atoms with Crippen LogP contribution in [0.2, 0.25) is 10.0 Å². The van der Waals surface area contributed by atoms with Crippen LogP contribution >= 0.6 is 23.2 Å². The molecule has 1 heterocycles. The van der Waals surface area contributed by atoms with Crippen molar-refractivity contribution in [3.63, 3.8) is 0 Å². The molecule has 15 heavy (non-hydrogen) atoms. The van der Waals surface area contributed by atoms with Gasteiger partial charge in [0.15, 0.2) is 5.88 Å². The molecule has 1 aliphatic heterocycles. The van der Waals surface area contributed by atoms with Crippen LogP contribution in [0.25, 0.3) is 0 Å². The van der Waals surface area contributed by atoms with Crippen LogP contribution in [0.3, 0.4) is 0 Å². The van der Waals surface area contributed by atoms with Crippen molar-refractivity contribution in [2.75, 3.05) is 0 Å². The van der Waals surface area contributed by atoms with Crippen molar-refractivity contribution in [1.82, 2.24) is 0 Å². The van der Waals surface area contributed by atoms with Gasteiger partial charge in [-0.3, -0.25) is 0 Å². The minimum absolute atomic E-state index is 0.0912. The molecule has 0 aliphatic carbocycles. The second-order valence-corrected chi connectivity index (χ2v) is 4.03. The Morgan fingerprint density at radius 2 is 2.00 bits per heavy atom. The number of benzene rings is 1. The fourth-order valence-electron chi connectivity index (χ4n) is 1.40. The summed E-state index contributed by atoms with van der Waals surface area (Å²) in [5.74, 6) is 0.488. The van der Waals surface area contributed by atoms with E-state index in [1.54, 1.807) is 12.3 Å². The van der Waals surface area contributed by atoms with Gasteiger partial charge in [0, 0.05) is 5.92 Å². The summed E-state index contributed by atoms with van der Waals surface area (Å²) in [5, 5.41) is 1.09. The van der Waals surface area contributed by atoms with Crippen LogP contribution in [-0.2, 0) is 4.74 Å². The van der Waals surface area contributed by atoms with Crippen molar-refractivity contribution >= 4 is 23.2 Å². The summed E-state index contributed by atoms with van der Waals surface area (Å²) in [6, 6.07) is 5.51. The lowest BCUT2D eigenvalue weighted by atomic mass is 9.98. The van der Waals surface area contributed by atoms with Gasteiger partial charge in [0.25, 0.3) is 0 Å². The second kappa shape index (κ2) is 4.17. The van der Waals surface area contributed by atoms with Gasteiger partial charge in [0.2, 0.25) is 0 Å². The molecule has 0 bridgehead atoms. The molecule has 2 nitrogen and oxygen atoms in total. The summed E-state index contributed by atoms with van der Waals surface area (Å²) in [6.07, 6.45) is 5.29. The van der Waals surface area contributed by atoms with E-state index in [9.17, 15) is 0 Å². The van der Waals surface area contributed by atoms with Crippen molar-refractivity contribution in [1.29, 1.82) is 0 Å². The van der Waals surface area contributed by atoms with Gasteiger partial charge in [-0.1, -0.05) is 29.3 Å². The topological polar surface area (TPSA) is 35.2 Å². The fourth-order valence-corrected chi connectivity index (χ4v) is 1.71. The molecule has 2 N–H and O–H groups in total. The maximum absolute atomic E-state index is 5.93. The quantitative estimate of drug-likeness (QED) is 0.818. The molecule has 0 saturated carbocycles. The van der Waals surface area contributed by atoms with Crippen LogP contribution in [0.1, 0.15) is 11.5 Å². The van der Waals surface area contributed by atoms with Gasteiger partial charge in [-0.2, -0.15) is 0 Å². The fraction of sp³-hybridized carbons (Fsp3) is 0.0909. The number of nitrogens with two attached hydrogens (primary N) is 1. The van der Waals surface area contributed by atoms with Crippen LogP contribution in [0.4, 0.5) is 0 Å². The lowest BCUT2D eigenvalue weighted by molar-refractivity contribution is 0.334. The Bertz CT molecular complexity index is 440. The molecular formula is C11H9Cl2NO. The van der Waals surface area contributed by atoms with Crippen LogP contribution in [-0.4, -0.2) is 0 Å². The van der Waals surface area contributed by atoms with E-state index in [2.05, 4.69) is 0 Å². The summed E-state index contributed by atoms with van der Waals surface area (Å²) in [6.45, 7) is 0. The first-order valence-electron chi connectivity index (χ1n) is 4.42. The van der Waals surface area contributed by atoms with Crippen LogP contribution in [0, 0.1) is 0 Å². The smallest absolute Gasteiger partial charge is 0.186 e. The first kappa shape index (κ1) is 10.4. The van der Waals surface area contributed by atoms with Gasteiger partial charge >= 0.3 is 0 Å². The number of hydrogen-bond acceptors (Lipinski definition) is 2. The van der Waals surface area contributed by atoms with Crippen molar-refractivity contribution in [2.24, 2.45) is 5.73 Å². The maximum Gasteiger partial charge on any atom is 0.186 e. The highest BCUT2D eigenvalue weighted by Crippen LogP contribution is 2.29. The van der Waals surface area contributed by atoms with E-state index in [1.807, 2.05) is 24.3 Å². The zero-order valence-corrected chi connectivity index (χ0v) is 9.29. The number of ether oxygens (including phenoxy) is 1. The van der Waals surface area contributed by atoms with E-state index in [0.29, 0.717) is 15.9 Å². The van der Waals surface area contributed by atoms with E-state index in [4.69, 9.17) is 33.7 Å². The molecule has 4 heteroatoms. The molecule has 0 unspecified atom stereocenters. The van der Waals surface area contributed by atoms with Crippen molar-refractivity contribution < 1.29 is 4.74 Å². The Kier molecular flexibility index (Phi) is 2.89. The minimum atomic E-state index is 0.0912. The van der Waals surface area contributed by atoms with Gasteiger partial charge < -0.3 is 10.5 Å². The lowest BCUT2D eigenvalue weighted by Crippen LogP contribution is -2.06. The summed E-state index contributed by atoms with van der Waals surface area (Å²) >= 11 is 11.8. The van der Waals surface area contributed by atoms with Crippen molar-refractivity contribution in [2.45, 2.75) is 5.92 Å². The first-order chi connectivity index (χ1) is 7.16. The monoisotopic (exact) mass is 241 g/mol. The molecule has 0 saturated heterocycles. The third-order valence-electron chi connectivity index (χ3n) is 2.16. The highest BCUT2D eigenvalue weighted by molar-refractivity contribution is 6.42. The Balaban J connectivity index is 2.33. The van der Waals surface area contributed by atoms with E-state index in [1.165, 1.54) is 0 Å². The summed E-state index contributed by atoms with van der Waals surface area (Å²) in [4.78, 5) is 0. The minimum Gasteiger partial charge on any atom is -0.450 e. The SMILES string of the molecule is NC1=C[C@H](c2ccc(Cl)c(Cl)c2)C=CO1. The Hall–Kier alpha value is -1.12. The highest BCUT2D eigenvalue weighted by Gasteiger charge is 2.11.